The lowest BCUT2D eigenvalue weighted by molar-refractivity contribution is -0.121. The standard InChI is InChI=1S/C19H19N3O2/c1-12-7-8-15(13(2)9-12)19(24)22-21-18(23)10-14-11-20-17-6-4-3-5-16(14)17/h3-9,11,20H,10H2,1-2H3,(H,21,23)(H,22,24). The lowest BCUT2D eigenvalue weighted by atomic mass is 10.1. The summed E-state index contributed by atoms with van der Waals surface area (Å²) in [6.45, 7) is 3.84. The third-order valence-electron chi connectivity index (χ3n) is 3.97. The molecular formula is C19H19N3O2. The summed E-state index contributed by atoms with van der Waals surface area (Å²) in [5.41, 5.74) is 9.34. The quantitative estimate of drug-likeness (QED) is 0.649. The first-order valence-electron chi connectivity index (χ1n) is 7.76. The van der Waals surface area contributed by atoms with Crippen LogP contribution >= 0.6 is 0 Å². The van der Waals surface area contributed by atoms with E-state index in [0.717, 1.165) is 27.6 Å². The summed E-state index contributed by atoms with van der Waals surface area (Å²) < 4.78 is 0. The fraction of sp³-hybridized carbons (Fsp3) is 0.158. The molecule has 1 aromatic heterocycles. The molecule has 0 bridgehead atoms. The SMILES string of the molecule is Cc1ccc(C(=O)NNC(=O)Cc2c[nH]c3ccccc23)c(C)c1. The molecule has 5 nitrogen and oxygen atoms in total. The molecule has 0 fully saturated rings. The van der Waals surface area contributed by atoms with Crippen LogP contribution in [-0.2, 0) is 11.2 Å². The van der Waals surface area contributed by atoms with E-state index in [4.69, 9.17) is 0 Å². The van der Waals surface area contributed by atoms with Crippen molar-refractivity contribution >= 4 is 22.7 Å². The zero-order valence-electron chi connectivity index (χ0n) is 13.6. The normalized spacial score (nSPS) is 10.6. The second-order valence-electron chi connectivity index (χ2n) is 5.86. The Bertz CT molecular complexity index is 912. The average molecular weight is 321 g/mol. The number of rotatable bonds is 3. The summed E-state index contributed by atoms with van der Waals surface area (Å²) in [4.78, 5) is 27.4. The van der Waals surface area contributed by atoms with Crippen molar-refractivity contribution in [2.24, 2.45) is 0 Å². The molecule has 0 saturated carbocycles. The first-order chi connectivity index (χ1) is 11.5. The maximum absolute atomic E-state index is 12.2. The van der Waals surface area contributed by atoms with Crippen LogP contribution in [0, 0.1) is 13.8 Å². The van der Waals surface area contributed by atoms with Gasteiger partial charge in [0.25, 0.3) is 5.91 Å². The highest BCUT2D eigenvalue weighted by atomic mass is 16.2. The number of hydrazine groups is 1. The predicted octanol–water partition coefficient (Wildman–Crippen LogP) is 2.79. The minimum Gasteiger partial charge on any atom is -0.361 e. The minimum absolute atomic E-state index is 0.192. The number of fused-ring (bicyclic) bond motifs is 1. The van der Waals surface area contributed by atoms with Gasteiger partial charge in [-0.05, 0) is 37.1 Å². The number of hydrogen-bond acceptors (Lipinski definition) is 2. The van der Waals surface area contributed by atoms with Crippen molar-refractivity contribution in [3.05, 3.63) is 70.9 Å². The highest BCUT2D eigenvalue weighted by Gasteiger charge is 2.12. The highest BCUT2D eigenvalue weighted by Crippen LogP contribution is 2.17. The van der Waals surface area contributed by atoms with E-state index in [0.29, 0.717) is 5.56 Å². The van der Waals surface area contributed by atoms with E-state index in [1.807, 2.05) is 56.4 Å². The summed E-state index contributed by atoms with van der Waals surface area (Å²) in [6.07, 6.45) is 2.01. The Kier molecular flexibility index (Phi) is 4.33. The number of aromatic amines is 1. The number of carbonyl (C=O) groups is 2. The fourth-order valence-corrected chi connectivity index (χ4v) is 2.76. The van der Waals surface area contributed by atoms with Gasteiger partial charge >= 0.3 is 0 Å². The lowest BCUT2D eigenvalue weighted by Gasteiger charge is -2.09. The Hall–Kier alpha value is -3.08. The van der Waals surface area contributed by atoms with Gasteiger partial charge in [0.2, 0.25) is 5.91 Å². The Labute approximate surface area is 140 Å². The molecule has 0 aliphatic carbocycles. The molecule has 3 rings (SSSR count). The second kappa shape index (κ2) is 6.58. The molecule has 0 atom stereocenters. The molecule has 24 heavy (non-hydrogen) atoms. The molecular weight excluding hydrogens is 302 g/mol. The van der Waals surface area contributed by atoms with Crippen molar-refractivity contribution in [1.82, 2.24) is 15.8 Å². The van der Waals surface area contributed by atoms with E-state index in [9.17, 15) is 9.59 Å². The molecule has 0 aliphatic rings. The first kappa shape index (κ1) is 15.8. The molecule has 122 valence electrons. The summed E-state index contributed by atoms with van der Waals surface area (Å²) in [5, 5.41) is 1.01. The molecule has 3 N–H and O–H groups in total. The molecule has 0 spiro atoms. The Morgan fingerprint density at radius 2 is 1.83 bits per heavy atom. The first-order valence-corrected chi connectivity index (χ1v) is 7.76. The zero-order valence-corrected chi connectivity index (χ0v) is 13.6. The third kappa shape index (κ3) is 3.30. The number of aromatic nitrogens is 1. The van der Waals surface area contributed by atoms with Crippen molar-refractivity contribution in [1.29, 1.82) is 0 Å². The maximum Gasteiger partial charge on any atom is 0.269 e. The Balaban J connectivity index is 1.62. The van der Waals surface area contributed by atoms with Crippen molar-refractivity contribution in [2.45, 2.75) is 20.3 Å². The lowest BCUT2D eigenvalue weighted by Crippen LogP contribution is -2.42. The Morgan fingerprint density at radius 3 is 2.62 bits per heavy atom. The van der Waals surface area contributed by atoms with E-state index in [1.54, 1.807) is 6.07 Å². The third-order valence-corrected chi connectivity index (χ3v) is 3.97. The van der Waals surface area contributed by atoms with Gasteiger partial charge in [-0.2, -0.15) is 0 Å². The van der Waals surface area contributed by atoms with Crippen LogP contribution in [0.4, 0.5) is 0 Å². The summed E-state index contributed by atoms with van der Waals surface area (Å²) in [6, 6.07) is 13.3. The second-order valence-corrected chi connectivity index (χ2v) is 5.86. The average Bonchev–Trinajstić information content (AvgIpc) is 2.96. The van der Waals surface area contributed by atoms with Crippen LogP contribution in [0.3, 0.4) is 0 Å². The molecule has 0 saturated heterocycles. The van der Waals surface area contributed by atoms with Gasteiger partial charge in [-0.25, -0.2) is 0 Å². The largest absolute Gasteiger partial charge is 0.361 e. The van der Waals surface area contributed by atoms with Gasteiger partial charge in [-0.15, -0.1) is 0 Å². The van der Waals surface area contributed by atoms with Gasteiger partial charge in [0, 0.05) is 22.7 Å². The summed E-state index contributed by atoms with van der Waals surface area (Å²) >= 11 is 0. The number of amides is 2. The van der Waals surface area contributed by atoms with Crippen LogP contribution in [0.1, 0.15) is 27.0 Å². The van der Waals surface area contributed by atoms with Crippen molar-refractivity contribution in [3.63, 3.8) is 0 Å². The molecule has 2 aromatic carbocycles. The van der Waals surface area contributed by atoms with Crippen molar-refractivity contribution < 1.29 is 9.59 Å². The molecule has 0 aliphatic heterocycles. The van der Waals surface area contributed by atoms with Crippen molar-refractivity contribution in [3.8, 4) is 0 Å². The van der Waals surface area contributed by atoms with E-state index in [2.05, 4.69) is 15.8 Å². The molecule has 0 radical (unpaired) electrons. The van der Waals surface area contributed by atoms with Crippen LogP contribution in [0.15, 0.2) is 48.7 Å². The highest BCUT2D eigenvalue weighted by molar-refractivity contribution is 5.97. The topological polar surface area (TPSA) is 74.0 Å². The van der Waals surface area contributed by atoms with Crippen LogP contribution in [0.25, 0.3) is 10.9 Å². The van der Waals surface area contributed by atoms with Crippen LogP contribution in [-0.4, -0.2) is 16.8 Å². The molecule has 1 heterocycles. The predicted molar refractivity (Wildman–Crippen MR) is 93.5 cm³/mol. The molecule has 5 heteroatoms. The Morgan fingerprint density at radius 1 is 1.04 bits per heavy atom. The number of benzene rings is 2. The summed E-state index contributed by atoms with van der Waals surface area (Å²) in [7, 11) is 0. The number of hydrogen-bond donors (Lipinski definition) is 3. The van der Waals surface area contributed by atoms with Gasteiger partial charge < -0.3 is 4.98 Å². The molecule has 3 aromatic rings. The van der Waals surface area contributed by atoms with Gasteiger partial charge in [0.05, 0.1) is 6.42 Å². The smallest absolute Gasteiger partial charge is 0.269 e. The molecule has 2 amide bonds. The maximum atomic E-state index is 12.2. The van der Waals surface area contributed by atoms with E-state index >= 15 is 0 Å². The van der Waals surface area contributed by atoms with Gasteiger partial charge in [-0.3, -0.25) is 20.4 Å². The van der Waals surface area contributed by atoms with Crippen LogP contribution < -0.4 is 10.9 Å². The number of para-hydroxylation sites is 1. The summed E-state index contributed by atoms with van der Waals surface area (Å²) in [5.74, 6) is -0.586. The van der Waals surface area contributed by atoms with Crippen molar-refractivity contribution in [2.75, 3.05) is 0 Å². The van der Waals surface area contributed by atoms with Gasteiger partial charge in [-0.1, -0.05) is 35.9 Å². The number of aryl methyl sites for hydroxylation is 2. The minimum atomic E-state index is -0.320. The number of nitrogens with one attached hydrogen (secondary N) is 3. The number of H-pyrrole nitrogens is 1. The molecule has 0 unspecified atom stereocenters. The monoisotopic (exact) mass is 321 g/mol. The van der Waals surface area contributed by atoms with E-state index in [-0.39, 0.29) is 18.2 Å². The number of carbonyl (C=O) groups excluding carboxylic acids is 2. The van der Waals surface area contributed by atoms with E-state index in [1.165, 1.54) is 0 Å². The fourth-order valence-electron chi connectivity index (χ4n) is 2.76. The van der Waals surface area contributed by atoms with Gasteiger partial charge in [0.1, 0.15) is 0 Å². The van der Waals surface area contributed by atoms with Gasteiger partial charge in [0.15, 0.2) is 0 Å². The van der Waals surface area contributed by atoms with Crippen LogP contribution in [0.5, 0.6) is 0 Å². The van der Waals surface area contributed by atoms with E-state index < -0.39 is 0 Å². The van der Waals surface area contributed by atoms with Crippen LogP contribution in [0.2, 0.25) is 0 Å². The zero-order chi connectivity index (χ0) is 17.1.